The molecule has 1 heterocycles. The van der Waals surface area contributed by atoms with E-state index in [1.807, 2.05) is 6.20 Å². The molecule has 0 aliphatic heterocycles. The molecule has 1 N–H and O–H groups in total. The molecule has 1 unspecified atom stereocenters. The van der Waals surface area contributed by atoms with Crippen LogP contribution in [0, 0.1) is 0 Å². The highest BCUT2D eigenvalue weighted by molar-refractivity contribution is 5.14. The molecule has 4 nitrogen and oxygen atoms in total. The first-order chi connectivity index (χ1) is 8.70. The average molecular weight is 248 g/mol. The van der Waals surface area contributed by atoms with Gasteiger partial charge in [0.1, 0.15) is 0 Å². The van der Waals surface area contributed by atoms with Gasteiger partial charge in [-0.3, -0.25) is 9.97 Å². The second-order valence-corrected chi connectivity index (χ2v) is 5.33. The van der Waals surface area contributed by atoms with Gasteiger partial charge in [-0.2, -0.15) is 0 Å². The van der Waals surface area contributed by atoms with Crippen molar-refractivity contribution in [1.29, 1.82) is 0 Å². The Balaban J connectivity index is 2.34. The van der Waals surface area contributed by atoms with Crippen molar-refractivity contribution < 1.29 is 0 Å². The lowest BCUT2D eigenvalue weighted by Crippen LogP contribution is -2.52. The first-order valence-corrected chi connectivity index (χ1v) is 6.87. The molecule has 1 aromatic heterocycles. The van der Waals surface area contributed by atoms with E-state index in [2.05, 4.69) is 41.2 Å². The van der Waals surface area contributed by atoms with Crippen molar-refractivity contribution in [3.05, 3.63) is 24.3 Å². The van der Waals surface area contributed by atoms with E-state index in [4.69, 9.17) is 0 Å². The quantitative estimate of drug-likeness (QED) is 0.865. The molecular formula is C14H24N4. The van der Waals surface area contributed by atoms with E-state index < -0.39 is 0 Å². The second-order valence-electron chi connectivity index (χ2n) is 5.33. The number of hydrogen-bond acceptors (Lipinski definition) is 4. The largest absolute Gasteiger partial charge is 0.307 e. The molecule has 0 saturated heterocycles. The Bertz CT molecular complexity index is 357. The summed E-state index contributed by atoms with van der Waals surface area (Å²) in [5, 5.41) is 3.62. The van der Waals surface area contributed by atoms with Crippen LogP contribution in [0.15, 0.2) is 18.6 Å². The second kappa shape index (κ2) is 5.76. The molecule has 1 atom stereocenters. The highest BCUT2D eigenvalue weighted by atomic mass is 15.2. The number of nitrogens with one attached hydrogen (secondary N) is 1. The summed E-state index contributed by atoms with van der Waals surface area (Å²) in [4.78, 5) is 11.1. The molecule has 0 spiro atoms. The Morgan fingerprint density at radius 2 is 2.06 bits per heavy atom. The zero-order valence-corrected chi connectivity index (χ0v) is 11.7. The molecule has 1 aliphatic rings. The molecule has 18 heavy (non-hydrogen) atoms. The molecule has 1 aliphatic carbocycles. The van der Waals surface area contributed by atoms with E-state index in [0.717, 1.165) is 12.2 Å². The van der Waals surface area contributed by atoms with Crippen LogP contribution in [0.1, 0.15) is 44.3 Å². The third-order valence-electron chi connectivity index (χ3n) is 4.18. The van der Waals surface area contributed by atoms with Crippen molar-refractivity contribution >= 4 is 0 Å². The maximum absolute atomic E-state index is 4.52. The summed E-state index contributed by atoms with van der Waals surface area (Å²) in [5.41, 5.74) is 1.25. The van der Waals surface area contributed by atoms with Gasteiger partial charge in [-0.15, -0.1) is 0 Å². The summed E-state index contributed by atoms with van der Waals surface area (Å²) in [6.07, 6.45) is 10.5. The minimum absolute atomic E-state index is 0.187. The van der Waals surface area contributed by atoms with Crippen LogP contribution in [-0.2, 0) is 0 Å². The fraction of sp³-hybridized carbons (Fsp3) is 0.714. The summed E-state index contributed by atoms with van der Waals surface area (Å²) >= 11 is 0. The predicted molar refractivity (Wildman–Crippen MR) is 73.3 cm³/mol. The van der Waals surface area contributed by atoms with Crippen molar-refractivity contribution in [3.63, 3.8) is 0 Å². The Labute approximate surface area is 110 Å². The van der Waals surface area contributed by atoms with Gasteiger partial charge in [0, 0.05) is 17.9 Å². The smallest absolute Gasteiger partial charge is 0.0775 e. The number of hydrogen-bond donors (Lipinski definition) is 1. The third kappa shape index (κ3) is 2.40. The molecule has 1 fully saturated rings. The molecule has 2 rings (SSSR count). The Morgan fingerprint density at radius 1 is 1.33 bits per heavy atom. The van der Waals surface area contributed by atoms with Crippen LogP contribution in [0.3, 0.4) is 0 Å². The van der Waals surface area contributed by atoms with Gasteiger partial charge in [-0.05, 0) is 33.5 Å². The first-order valence-electron chi connectivity index (χ1n) is 6.87. The van der Waals surface area contributed by atoms with Crippen LogP contribution in [0.4, 0.5) is 0 Å². The molecule has 0 aromatic carbocycles. The van der Waals surface area contributed by atoms with Crippen LogP contribution in [0.2, 0.25) is 0 Å². The van der Waals surface area contributed by atoms with Crippen LogP contribution in [-0.4, -0.2) is 41.0 Å². The summed E-state index contributed by atoms with van der Waals surface area (Å²) in [6.45, 7) is 3.11. The topological polar surface area (TPSA) is 41.1 Å². The predicted octanol–water partition coefficient (Wildman–Crippen LogP) is 2.00. The maximum Gasteiger partial charge on any atom is 0.0775 e. The number of likely N-dealkylation sites (N-methyl/N-ethyl adjacent to an activating group) is 2. The van der Waals surface area contributed by atoms with Gasteiger partial charge in [0.2, 0.25) is 0 Å². The van der Waals surface area contributed by atoms with E-state index in [1.54, 1.807) is 12.4 Å². The fourth-order valence-corrected chi connectivity index (χ4v) is 3.21. The van der Waals surface area contributed by atoms with Gasteiger partial charge in [-0.1, -0.05) is 19.8 Å². The Hall–Kier alpha value is -1.00. The minimum Gasteiger partial charge on any atom is -0.307 e. The van der Waals surface area contributed by atoms with E-state index in [9.17, 15) is 0 Å². The van der Waals surface area contributed by atoms with Gasteiger partial charge >= 0.3 is 0 Å². The molecule has 1 saturated carbocycles. The van der Waals surface area contributed by atoms with Crippen molar-refractivity contribution in [2.75, 3.05) is 20.6 Å². The van der Waals surface area contributed by atoms with Gasteiger partial charge in [-0.25, -0.2) is 0 Å². The highest BCUT2D eigenvalue weighted by Crippen LogP contribution is 2.42. The van der Waals surface area contributed by atoms with E-state index in [0.29, 0.717) is 0 Å². The van der Waals surface area contributed by atoms with Crippen molar-refractivity contribution in [2.24, 2.45) is 0 Å². The molecule has 0 amide bonds. The average Bonchev–Trinajstić information content (AvgIpc) is 2.87. The zero-order chi connectivity index (χ0) is 13.0. The number of aromatic nitrogens is 2. The monoisotopic (exact) mass is 248 g/mol. The van der Waals surface area contributed by atoms with Gasteiger partial charge < -0.3 is 10.2 Å². The lowest BCUT2D eigenvalue weighted by molar-refractivity contribution is 0.103. The van der Waals surface area contributed by atoms with E-state index in [1.165, 1.54) is 25.7 Å². The Kier molecular flexibility index (Phi) is 4.30. The normalized spacial score (nSPS) is 20.2. The highest BCUT2D eigenvalue weighted by Gasteiger charge is 2.44. The molecule has 100 valence electrons. The SMILES string of the molecule is CCNC(c1cnccn1)C1(N(C)C)CCCC1. The summed E-state index contributed by atoms with van der Waals surface area (Å²) in [5.74, 6) is 0. The fourth-order valence-electron chi connectivity index (χ4n) is 3.21. The van der Waals surface area contributed by atoms with Crippen LogP contribution in [0.25, 0.3) is 0 Å². The van der Waals surface area contributed by atoms with Crippen molar-refractivity contribution in [1.82, 2.24) is 20.2 Å². The summed E-state index contributed by atoms with van der Waals surface area (Å²) in [6, 6.07) is 0.272. The van der Waals surface area contributed by atoms with Gasteiger partial charge in [0.25, 0.3) is 0 Å². The number of nitrogens with zero attached hydrogens (tertiary/aromatic N) is 3. The van der Waals surface area contributed by atoms with Crippen molar-refractivity contribution in [3.8, 4) is 0 Å². The molecule has 1 aromatic rings. The maximum atomic E-state index is 4.52. The van der Waals surface area contributed by atoms with Gasteiger partial charge in [0.15, 0.2) is 0 Å². The van der Waals surface area contributed by atoms with Crippen LogP contribution >= 0.6 is 0 Å². The lowest BCUT2D eigenvalue weighted by Gasteiger charge is -2.43. The Morgan fingerprint density at radius 3 is 2.56 bits per heavy atom. The minimum atomic E-state index is 0.187. The molecule has 0 bridgehead atoms. The first kappa shape index (κ1) is 13.4. The third-order valence-corrected chi connectivity index (χ3v) is 4.18. The van der Waals surface area contributed by atoms with Crippen molar-refractivity contribution in [2.45, 2.75) is 44.2 Å². The number of rotatable bonds is 5. The van der Waals surface area contributed by atoms with Gasteiger partial charge in [0.05, 0.1) is 17.9 Å². The van der Waals surface area contributed by atoms with Crippen LogP contribution < -0.4 is 5.32 Å². The summed E-state index contributed by atoms with van der Waals surface area (Å²) < 4.78 is 0. The van der Waals surface area contributed by atoms with Crippen LogP contribution in [0.5, 0.6) is 0 Å². The molecule has 0 radical (unpaired) electrons. The summed E-state index contributed by atoms with van der Waals surface area (Å²) in [7, 11) is 4.37. The molecule has 4 heteroatoms. The zero-order valence-electron chi connectivity index (χ0n) is 11.7. The standard InChI is InChI=1S/C14H24N4/c1-4-16-13(12-11-15-9-10-17-12)14(18(2)3)7-5-6-8-14/h9-11,13,16H,4-8H2,1-3H3. The van der Waals surface area contributed by atoms with E-state index in [-0.39, 0.29) is 11.6 Å². The molecular weight excluding hydrogens is 224 g/mol. The lowest BCUT2D eigenvalue weighted by atomic mass is 9.84. The van der Waals surface area contributed by atoms with E-state index >= 15 is 0 Å².